The SMILES string of the molecule is O=C(OCc1cc(-c2ccco2)on1)c1ccc(S(=O)(=O)N2CCCC2)cc1. The molecule has 0 atom stereocenters. The molecule has 0 spiro atoms. The fourth-order valence-corrected chi connectivity index (χ4v) is 4.50. The molecule has 3 aromatic rings. The van der Waals surface area contributed by atoms with E-state index in [1.165, 1.54) is 34.8 Å². The second kappa shape index (κ2) is 7.61. The first-order valence-corrected chi connectivity index (χ1v) is 10.2. The van der Waals surface area contributed by atoms with E-state index in [0.29, 0.717) is 30.3 Å². The van der Waals surface area contributed by atoms with Crippen molar-refractivity contribution in [3.05, 3.63) is 60.0 Å². The predicted molar refractivity (Wildman–Crippen MR) is 97.8 cm³/mol. The zero-order valence-electron chi connectivity index (χ0n) is 14.9. The number of aromatic nitrogens is 1. The Morgan fingerprint density at radius 2 is 1.86 bits per heavy atom. The Hall–Kier alpha value is -2.91. The fraction of sp³-hybridized carbons (Fsp3) is 0.263. The molecule has 1 saturated heterocycles. The molecule has 0 saturated carbocycles. The van der Waals surface area contributed by atoms with E-state index in [9.17, 15) is 13.2 Å². The molecule has 28 heavy (non-hydrogen) atoms. The summed E-state index contributed by atoms with van der Waals surface area (Å²) in [6.07, 6.45) is 3.26. The van der Waals surface area contributed by atoms with Gasteiger partial charge in [-0.3, -0.25) is 0 Å². The summed E-state index contributed by atoms with van der Waals surface area (Å²) < 4.78 is 42.0. The van der Waals surface area contributed by atoms with Crippen molar-refractivity contribution in [3.63, 3.8) is 0 Å². The summed E-state index contributed by atoms with van der Waals surface area (Å²) in [4.78, 5) is 12.4. The summed E-state index contributed by atoms with van der Waals surface area (Å²) in [5.41, 5.74) is 0.697. The number of nitrogens with zero attached hydrogens (tertiary/aromatic N) is 2. The normalized spacial score (nSPS) is 15.0. The highest BCUT2D eigenvalue weighted by Crippen LogP contribution is 2.22. The van der Waals surface area contributed by atoms with E-state index < -0.39 is 16.0 Å². The van der Waals surface area contributed by atoms with Gasteiger partial charge < -0.3 is 13.7 Å². The average molecular weight is 402 g/mol. The second-order valence-electron chi connectivity index (χ2n) is 6.37. The number of benzene rings is 1. The lowest BCUT2D eigenvalue weighted by Gasteiger charge is -2.15. The van der Waals surface area contributed by atoms with Crippen LogP contribution in [0.1, 0.15) is 28.9 Å². The van der Waals surface area contributed by atoms with Gasteiger partial charge in [-0.25, -0.2) is 13.2 Å². The number of hydrogen-bond donors (Lipinski definition) is 0. The van der Waals surface area contributed by atoms with Crippen molar-refractivity contribution in [2.75, 3.05) is 13.1 Å². The Balaban J connectivity index is 1.39. The van der Waals surface area contributed by atoms with Gasteiger partial charge in [0, 0.05) is 19.2 Å². The minimum Gasteiger partial charge on any atom is -0.461 e. The van der Waals surface area contributed by atoms with E-state index in [2.05, 4.69) is 5.16 Å². The van der Waals surface area contributed by atoms with E-state index in [0.717, 1.165) is 12.8 Å². The minimum atomic E-state index is -3.51. The maximum absolute atomic E-state index is 12.5. The standard InChI is InChI=1S/C19H18N2O6S/c22-19(26-13-15-12-18(27-20-15)17-4-3-11-25-17)14-5-7-16(8-6-14)28(23,24)21-9-1-2-10-21/h3-8,11-12H,1-2,9-10,13H2. The Morgan fingerprint density at radius 3 is 2.54 bits per heavy atom. The number of rotatable bonds is 6. The molecule has 0 unspecified atom stereocenters. The summed E-state index contributed by atoms with van der Waals surface area (Å²) in [6, 6.07) is 10.8. The number of carbonyl (C=O) groups excluding carboxylic acids is 1. The summed E-state index contributed by atoms with van der Waals surface area (Å²) in [5, 5.41) is 3.83. The van der Waals surface area contributed by atoms with E-state index in [1.54, 1.807) is 18.2 Å². The lowest BCUT2D eigenvalue weighted by molar-refractivity contribution is 0.0464. The Bertz CT molecular complexity index is 1050. The summed E-state index contributed by atoms with van der Waals surface area (Å²) in [7, 11) is -3.51. The van der Waals surface area contributed by atoms with Crippen LogP contribution in [-0.4, -0.2) is 36.9 Å². The maximum Gasteiger partial charge on any atom is 0.338 e. The fourth-order valence-electron chi connectivity index (χ4n) is 2.98. The molecular weight excluding hydrogens is 384 g/mol. The maximum atomic E-state index is 12.5. The highest BCUT2D eigenvalue weighted by molar-refractivity contribution is 7.89. The Labute approximate surface area is 161 Å². The van der Waals surface area contributed by atoms with Crippen LogP contribution in [0, 0.1) is 0 Å². The van der Waals surface area contributed by atoms with Gasteiger partial charge in [0.2, 0.25) is 15.8 Å². The monoisotopic (exact) mass is 402 g/mol. The van der Waals surface area contributed by atoms with E-state index >= 15 is 0 Å². The van der Waals surface area contributed by atoms with Crippen LogP contribution in [0.3, 0.4) is 0 Å². The van der Waals surface area contributed by atoms with Gasteiger partial charge in [-0.1, -0.05) is 5.16 Å². The van der Waals surface area contributed by atoms with Crippen LogP contribution in [0.2, 0.25) is 0 Å². The van der Waals surface area contributed by atoms with Crippen molar-refractivity contribution in [1.29, 1.82) is 0 Å². The highest BCUT2D eigenvalue weighted by Gasteiger charge is 2.27. The van der Waals surface area contributed by atoms with Crippen molar-refractivity contribution in [2.45, 2.75) is 24.3 Å². The molecule has 4 rings (SSSR count). The topological polar surface area (TPSA) is 103 Å². The van der Waals surface area contributed by atoms with Crippen molar-refractivity contribution in [2.24, 2.45) is 0 Å². The van der Waals surface area contributed by atoms with Crippen molar-refractivity contribution in [3.8, 4) is 11.5 Å². The molecule has 146 valence electrons. The highest BCUT2D eigenvalue weighted by atomic mass is 32.2. The Kier molecular flexibility index (Phi) is 5.01. The third-order valence-corrected chi connectivity index (χ3v) is 6.38. The first-order chi connectivity index (χ1) is 13.5. The number of carbonyl (C=O) groups is 1. The van der Waals surface area contributed by atoms with Gasteiger partial charge in [-0.15, -0.1) is 0 Å². The molecule has 9 heteroatoms. The molecular formula is C19H18N2O6S. The first kappa shape index (κ1) is 18.5. The van der Waals surface area contributed by atoms with Crippen LogP contribution in [-0.2, 0) is 21.4 Å². The molecule has 0 bridgehead atoms. The number of furan rings is 1. The largest absolute Gasteiger partial charge is 0.461 e. The lowest BCUT2D eigenvalue weighted by atomic mass is 10.2. The smallest absolute Gasteiger partial charge is 0.338 e. The quantitative estimate of drug-likeness (QED) is 0.584. The molecule has 3 heterocycles. The Morgan fingerprint density at radius 1 is 1.11 bits per heavy atom. The molecule has 0 N–H and O–H groups in total. The van der Waals surface area contributed by atoms with Gasteiger partial charge >= 0.3 is 5.97 Å². The molecule has 2 aromatic heterocycles. The zero-order chi connectivity index (χ0) is 19.6. The lowest BCUT2D eigenvalue weighted by Crippen LogP contribution is -2.27. The molecule has 1 aromatic carbocycles. The third kappa shape index (κ3) is 3.71. The number of esters is 1. The summed E-state index contributed by atoms with van der Waals surface area (Å²) in [5.74, 6) is 0.389. The van der Waals surface area contributed by atoms with Gasteiger partial charge in [0.25, 0.3) is 0 Å². The molecule has 1 fully saturated rings. The van der Waals surface area contributed by atoms with Crippen molar-refractivity contribution < 1.29 is 26.9 Å². The first-order valence-electron chi connectivity index (χ1n) is 8.81. The van der Waals surface area contributed by atoms with Crippen LogP contribution in [0.4, 0.5) is 0 Å². The van der Waals surface area contributed by atoms with Crippen LogP contribution in [0.15, 0.2) is 62.6 Å². The predicted octanol–water partition coefficient (Wildman–Crippen LogP) is 3.08. The van der Waals surface area contributed by atoms with Gasteiger partial charge in [0.1, 0.15) is 12.3 Å². The molecule has 0 aliphatic carbocycles. The number of hydrogen-bond acceptors (Lipinski definition) is 7. The van der Waals surface area contributed by atoms with Gasteiger partial charge in [0.15, 0.2) is 5.76 Å². The van der Waals surface area contributed by atoms with Crippen LogP contribution >= 0.6 is 0 Å². The minimum absolute atomic E-state index is 0.0725. The van der Waals surface area contributed by atoms with Crippen molar-refractivity contribution >= 4 is 16.0 Å². The van der Waals surface area contributed by atoms with Gasteiger partial charge in [-0.2, -0.15) is 4.31 Å². The average Bonchev–Trinajstić information content (AvgIpc) is 3.48. The third-order valence-electron chi connectivity index (χ3n) is 4.47. The molecule has 8 nitrogen and oxygen atoms in total. The van der Waals surface area contributed by atoms with Gasteiger partial charge in [0.05, 0.1) is 16.7 Å². The molecule has 1 aliphatic rings. The van der Waals surface area contributed by atoms with Crippen molar-refractivity contribution in [1.82, 2.24) is 9.46 Å². The second-order valence-corrected chi connectivity index (χ2v) is 8.31. The summed E-state index contributed by atoms with van der Waals surface area (Å²) >= 11 is 0. The van der Waals surface area contributed by atoms with E-state index in [1.807, 2.05) is 0 Å². The number of sulfonamides is 1. The summed E-state index contributed by atoms with van der Waals surface area (Å²) in [6.45, 7) is 0.991. The van der Waals surface area contributed by atoms with E-state index in [4.69, 9.17) is 13.7 Å². The van der Waals surface area contributed by atoms with Crippen LogP contribution in [0.5, 0.6) is 0 Å². The number of ether oxygens (including phenoxy) is 1. The van der Waals surface area contributed by atoms with Crippen LogP contribution in [0.25, 0.3) is 11.5 Å². The molecule has 1 aliphatic heterocycles. The van der Waals surface area contributed by atoms with E-state index in [-0.39, 0.29) is 17.1 Å². The molecule has 0 amide bonds. The van der Waals surface area contributed by atoms with Gasteiger partial charge in [-0.05, 0) is 49.2 Å². The van der Waals surface area contributed by atoms with Crippen LogP contribution < -0.4 is 0 Å². The molecule has 0 radical (unpaired) electrons. The zero-order valence-corrected chi connectivity index (χ0v) is 15.7.